The summed E-state index contributed by atoms with van der Waals surface area (Å²) in [6.45, 7) is 6.01. The second-order valence-corrected chi connectivity index (χ2v) is 8.21. The second kappa shape index (κ2) is 7.80. The van der Waals surface area contributed by atoms with Crippen molar-refractivity contribution in [3.63, 3.8) is 0 Å². The molecule has 1 aromatic heterocycles. The highest BCUT2D eigenvalue weighted by atomic mass is 16.2. The summed E-state index contributed by atoms with van der Waals surface area (Å²) in [6.07, 6.45) is 3.94. The number of carbonyl (C=O) groups excluding carboxylic acids is 1. The van der Waals surface area contributed by atoms with Gasteiger partial charge in [0.15, 0.2) is 0 Å². The van der Waals surface area contributed by atoms with E-state index in [9.17, 15) is 4.79 Å². The summed E-state index contributed by atoms with van der Waals surface area (Å²) in [5.41, 5.74) is 3.85. The van der Waals surface area contributed by atoms with E-state index in [4.69, 9.17) is 0 Å². The number of likely N-dealkylation sites (N-methyl/N-ethyl adjacent to an activating group) is 1. The van der Waals surface area contributed by atoms with Gasteiger partial charge < -0.3 is 14.8 Å². The summed E-state index contributed by atoms with van der Waals surface area (Å²) in [5.74, 6) is 0.663. The molecule has 0 aliphatic carbocycles. The zero-order chi connectivity index (χ0) is 18.8. The predicted molar refractivity (Wildman–Crippen MR) is 107 cm³/mol. The molecule has 142 valence electrons. The molecule has 2 atom stereocenters. The third-order valence-corrected chi connectivity index (χ3v) is 5.21. The van der Waals surface area contributed by atoms with Crippen molar-refractivity contribution in [2.24, 2.45) is 13.0 Å². The molecule has 5 nitrogen and oxygen atoms in total. The van der Waals surface area contributed by atoms with E-state index < -0.39 is 0 Å². The molecule has 1 aromatic carbocycles. The highest BCUT2D eigenvalue weighted by molar-refractivity contribution is 5.90. The van der Waals surface area contributed by atoms with Gasteiger partial charge in [0.2, 0.25) is 5.91 Å². The summed E-state index contributed by atoms with van der Waals surface area (Å²) in [4.78, 5) is 14.9. The molecule has 2 N–H and O–H groups in total. The third kappa shape index (κ3) is 3.94. The lowest BCUT2D eigenvalue weighted by Crippen LogP contribution is -2.47. The van der Waals surface area contributed by atoms with Crippen molar-refractivity contribution in [1.82, 2.24) is 20.1 Å². The van der Waals surface area contributed by atoms with Crippen LogP contribution in [0.2, 0.25) is 0 Å². The SMILES string of the molecule is CC(C)C[C@@H]1N[C@H](C(=O)NCCN(C)C)Cc2cn(C)c3cccc1c23. The molecule has 2 heterocycles. The molecular formula is C21H32N4O. The van der Waals surface area contributed by atoms with E-state index in [2.05, 4.69) is 65.4 Å². The lowest BCUT2D eigenvalue weighted by Gasteiger charge is -2.25. The summed E-state index contributed by atoms with van der Waals surface area (Å²) in [5, 5.41) is 8.09. The van der Waals surface area contributed by atoms with Gasteiger partial charge in [0, 0.05) is 43.3 Å². The Morgan fingerprint density at radius 1 is 1.38 bits per heavy atom. The Bertz CT molecular complexity index is 778. The number of aromatic nitrogens is 1. The van der Waals surface area contributed by atoms with Gasteiger partial charge in [0.05, 0.1) is 6.04 Å². The second-order valence-electron chi connectivity index (χ2n) is 8.21. The molecule has 0 saturated heterocycles. The van der Waals surface area contributed by atoms with Crippen LogP contribution < -0.4 is 10.6 Å². The maximum Gasteiger partial charge on any atom is 0.237 e. The molecule has 5 heteroatoms. The zero-order valence-corrected chi connectivity index (χ0v) is 16.7. The van der Waals surface area contributed by atoms with E-state index in [-0.39, 0.29) is 18.0 Å². The molecule has 26 heavy (non-hydrogen) atoms. The maximum atomic E-state index is 12.8. The number of nitrogens with zero attached hydrogens (tertiary/aromatic N) is 2. The lowest BCUT2D eigenvalue weighted by molar-refractivity contribution is -0.123. The van der Waals surface area contributed by atoms with Gasteiger partial charge in [-0.25, -0.2) is 0 Å². The van der Waals surface area contributed by atoms with E-state index in [1.165, 1.54) is 22.0 Å². The Kier molecular flexibility index (Phi) is 5.68. The van der Waals surface area contributed by atoms with Crippen LogP contribution in [-0.4, -0.2) is 48.6 Å². The fourth-order valence-corrected chi connectivity index (χ4v) is 3.99. The number of carbonyl (C=O) groups is 1. The van der Waals surface area contributed by atoms with E-state index in [0.29, 0.717) is 12.5 Å². The average molecular weight is 357 g/mol. The minimum absolute atomic E-state index is 0.102. The minimum Gasteiger partial charge on any atom is -0.353 e. The monoisotopic (exact) mass is 356 g/mol. The molecule has 1 aliphatic rings. The molecule has 3 rings (SSSR count). The molecule has 0 saturated carbocycles. The van der Waals surface area contributed by atoms with Gasteiger partial charge in [-0.1, -0.05) is 26.0 Å². The van der Waals surface area contributed by atoms with Gasteiger partial charge in [-0.3, -0.25) is 10.1 Å². The zero-order valence-electron chi connectivity index (χ0n) is 16.7. The summed E-state index contributed by atoms with van der Waals surface area (Å²) >= 11 is 0. The molecule has 1 amide bonds. The van der Waals surface area contributed by atoms with Gasteiger partial charge in [0.1, 0.15) is 0 Å². The van der Waals surface area contributed by atoms with Crippen LogP contribution in [-0.2, 0) is 18.3 Å². The normalized spacial score (nSPS) is 20.0. The predicted octanol–water partition coefficient (Wildman–Crippen LogP) is 2.46. The lowest BCUT2D eigenvalue weighted by atomic mass is 9.94. The van der Waals surface area contributed by atoms with E-state index in [1.807, 2.05) is 14.1 Å². The Balaban J connectivity index is 1.91. The maximum absolute atomic E-state index is 12.8. The fraction of sp³-hybridized carbons (Fsp3) is 0.571. The molecule has 1 aliphatic heterocycles. The first-order chi connectivity index (χ1) is 12.4. The van der Waals surface area contributed by atoms with Crippen LogP contribution in [0.3, 0.4) is 0 Å². The first-order valence-electron chi connectivity index (χ1n) is 9.62. The van der Waals surface area contributed by atoms with Crippen molar-refractivity contribution in [3.05, 3.63) is 35.5 Å². The molecule has 2 aromatic rings. The Morgan fingerprint density at radius 3 is 2.85 bits per heavy atom. The third-order valence-electron chi connectivity index (χ3n) is 5.21. The smallest absolute Gasteiger partial charge is 0.237 e. The van der Waals surface area contributed by atoms with Crippen LogP contribution in [0.15, 0.2) is 24.4 Å². The molecular weight excluding hydrogens is 324 g/mol. The number of hydrogen-bond acceptors (Lipinski definition) is 3. The largest absolute Gasteiger partial charge is 0.353 e. The highest BCUT2D eigenvalue weighted by Crippen LogP contribution is 2.35. The molecule has 0 radical (unpaired) electrons. The number of nitrogens with one attached hydrogen (secondary N) is 2. The fourth-order valence-electron chi connectivity index (χ4n) is 3.99. The van der Waals surface area contributed by atoms with Crippen molar-refractivity contribution < 1.29 is 4.79 Å². The van der Waals surface area contributed by atoms with Gasteiger partial charge >= 0.3 is 0 Å². The van der Waals surface area contributed by atoms with Crippen LogP contribution in [0.5, 0.6) is 0 Å². The summed E-state index contributed by atoms with van der Waals surface area (Å²) in [7, 11) is 6.13. The van der Waals surface area contributed by atoms with Gasteiger partial charge in [-0.2, -0.15) is 0 Å². The Morgan fingerprint density at radius 2 is 2.15 bits per heavy atom. The van der Waals surface area contributed by atoms with Crippen molar-refractivity contribution in [2.45, 2.75) is 38.8 Å². The van der Waals surface area contributed by atoms with Crippen LogP contribution in [0.1, 0.15) is 37.4 Å². The molecule has 0 unspecified atom stereocenters. The number of hydrogen-bond donors (Lipinski definition) is 2. The average Bonchev–Trinajstić information content (AvgIpc) is 2.79. The number of aryl methyl sites for hydroxylation is 1. The highest BCUT2D eigenvalue weighted by Gasteiger charge is 2.30. The van der Waals surface area contributed by atoms with Crippen LogP contribution in [0.4, 0.5) is 0 Å². The standard InChI is InChI=1S/C21H32N4O/c1-14(2)11-17-16-7-6-8-19-20(16)15(13-25(19)5)12-18(23-17)21(26)22-9-10-24(3)4/h6-8,13-14,17-18,23H,9-12H2,1-5H3,(H,22,26)/t17-,18-/m0/s1. The summed E-state index contributed by atoms with van der Waals surface area (Å²) < 4.78 is 2.19. The van der Waals surface area contributed by atoms with Crippen molar-refractivity contribution in [1.29, 1.82) is 0 Å². The Hall–Kier alpha value is -1.85. The van der Waals surface area contributed by atoms with Crippen molar-refractivity contribution in [3.8, 4) is 0 Å². The number of benzene rings is 1. The van der Waals surface area contributed by atoms with Crippen molar-refractivity contribution >= 4 is 16.8 Å². The van der Waals surface area contributed by atoms with Gasteiger partial charge in [-0.05, 0) is 50.0 Å². The van der Waals surface area contributed by atoms with Gasteiger partial charge in [-0.15, -0.1) is 0 Å². The van der Waals surface area contributed by atoms with Crippen LogP contribution in [0, 0.1) is 5.92 Å². The summed E-state index contributed by atoms with van der Waals surface area (Å²) in [6, 6.07) is 6.53. The minimum atomic E-state index is -0.195. The van der Waals surface area contributed by atoms with E-state index >= 15 is 0 Å². The first-order valence-corrected chi connectivity index (χ1v) is 9.62. The molecule has 0 spiro atoms. The number of amides is 1. The van der Waals surface area contributed by atoms with Crippen LogP contribution in [0.25, 0.3) is 10.9 Å². The molecule has 0 fully saturated rings. The number of rotatable bonds is 6. The van der Waals surface area contributed by atoms with E-state index in [0.717, 1.165) is 19.4 Å². The first kappa shape index (κ1) is 18.9. The quantitative estimate of drug-likeness (QED) is 0.836. The van der Waals surface area contributed by atoms with Crippen LogP contribution >= 0.6 is 0 Å². The van der Waals surface area contributed by atoms with Crippen molar-refractivity contribution in [2.75, 3.05) is 27.2 Å². The van der Waals surface area contributed by atoms with Gasteiger partial charge in [0.25, 0.3) is 0 Å². The topological polar surface area (TPSA) is 49.3 Å². The molecule has 0 bridgehead atoms. The van der Waals surface area contributed by atoms with E-state index in [1.54, 1.807) is 0 Å². The Labute approximate surface area is 156 Å².